The van der Waals surface area contributed by atoms with E-state index in [1.165, 1.54) is 0 Å². The number of hydrogen-bond donors (Lipinski definition) is 3. The summed E-state index contributed by atoms with van der Waals surface area (Å²) in [5.41, 5.74) is 1.16. The van der Waals surface area contributed by atoms with Crippen LogP contribution in [0.5, 0.6) is 0 Å². The Morgan fingerprint density at radius 1 is 1.50 bits per heavy atom. The lowest BCUT2D eigenvalue weighted by Gasteiger charge is -2.16. The molecule has 0 radical (unpaired) electrons. The van der Waals surface area contributed by atoms with Crippen LogP contribution in [-0.2, 0) is 0 Å². The highest BCUT2D eigenvalue weighted by atomic mass is 16.3. The van der Waals surface area contributed by atoms with Crippen molar-refractivity contribution in [2.75, 3.05) is 18.4 Å². The molecule has 3 N–H and O–H groups in total. The molecule has 0 aliphatic heterocycles. The number of carbonyl (C=O) groups is 1. The normalized spacial score (nSPS) is 12.3. The van der Waals surface area contributed by atoms with Crippen LogP contribution in [0, 0.1) is 5.92 Å². The zero-order valence-electron chi connectivity index (χ0n) is 11.1. The number of carbonyl (C=O) groups excluding carboxylic acids is 1. The Morgan fingerprint density at radius 2 is 2.22 bits per heavy atom. The quantitative estimate of drug-likeness (QED) is 0.711. The van der Waals surface area contributed by atoms with E-state index in [-0.39, 0.29) is 11.8 Å². The molecule has 18 heavy (non-hydrogen) atoms. The van der Waals surface area contributed by atoms with Gasteiger partial charge in [0.05, 0.1) is 6.10 Å². The average Bonchev–Trinajstić information content (AvgIpc) is 2.36. The Labute approximate surface area is 108 Å². The lowest BCUT2D eigenvalue weighted by Crippen LogP contribution is -2.26. The molecule has 1 amide bonds. The molecular weight excluding hydrogens is 230 g/mol. The SMILES string of the molecule is CCNC(=O)c1cc(NCC(O)C(C)C)ccn1. The summed E-state index contributed by atoms with van der Waals surface area (Å²) in [6.07, 6.45) is 1.17. The lowest BCUT2D eigenvalue weighted by molar-refractivity contribution is 0.0951. The van der Waals surface area contributed by atoms with Gasteiger partial charge < -0.3 is 15.7 Å². The van der Waals surface area contributed by atoms with Gasteiger partial charge in [-0.05, 0) is 25.0 Å². The molecule has 0 fully saturated rings. The Balaban J connectivity index is 2.62. The van der Waals surface area contributed by atoms with E-state index in [2.05, 4.69) is 15.6 Å². The highest BCUT2D eigenvalue weighted by Gasteiger charge is 2.10. The van der Waals surface area contributed by atoms with Crippen LogP contribution in [-0.4, -0.2) is 35.2 Å². The van der Waals surface area contributed by atoms with Crippen LogP contribution in [0.15, 0.2) is 18.3 Å². The van der Waals surface area contributed by atoms with E-state index in [1.54, 1.807) is 18.3 Å². The summed E-state index contributed by atoms with van der Waals surface area (Å²) in [7, 11) is 0. The molecule has 0 saturated carbocycles. The molecule has 1 unspecified atom stereocenters. The Hall–Kier alpha value is -1.62. The maximum atomic E-state index is 11.6. The fourth-order valence-corrected chi connectivity index (χ4v) is 1.37. The molecular formula is C13H21N3O2. The van der Waals surface area contributed by atoms with Gasteiger partial charge in [0.1, 0.15) is 5.69 Å². The molecule has 0 bridgehead atoms. The number of nitrogens with one attached hydrogen (secondary N) is 2. The molecule has 0 aromatic carbocycles. The van der Waals surface area contributed by atoms with Gasteiger partial charge in [-0.2, -0.15) is 0 Å². The van der Waals surface area contributed by atoms with E-state index in [0.29, 0.717) is 18.8 Å². The molecule has 1 rings (SSSR count). The van der Waals surface area contributed by atoms with Gasteiger partial charge in [-0.25, -0.2) is 0 Å². The molecule has 5 nitrogen and oxygen atoms in total. The summed E-state index contributed by atoms with van der Waals surface area (Å²) < 4.78 is 0. The second-order valence-electron chi connectivity index (χ2n) is 4.48. The van der Waals surface area contributed by atoms with E-state index in [1.807, 2.05) is 20.8 Å². The monoisotopic (exact) mass is 251 g/mol. The summed E-state index contributed by atoms with van der Waals surface area (Å²) in [4.78, 5) is 15.6. The maximum absolute atomic E-state index is 11.6. The molecule has 5 heteroatoms. The zero-order chi connectivity index (χ0) is 13.5. The number of nitrogens with zero attached hydrogens (tertiary/aromatic N) is 1. The topological polar surface area (TPSA) is 74.2 Å². The molecule has 1 atom stereocenters. The number of aliphatic hydroxyl groups is 1. The third kappa shape index (κ3) is 4.33. The molecule has 1 heterocycles. The van der Waals surface area contributed by atoms with Gasteiger partial charge in [0.25, 0.3) is 5.91 Å². The average molecular weight is 251 g/mol. The molecule has 0 spiro atoms. The minimum atomic E-state index is -0.411. The van der Waals surface area contributed by atoms with E-state index in [4.69, 9.17) is 0 Å². The molecule has 0 aliphatic carbocycles. The maximum Gasteiger partial charge on any atom is 0.269 e. The van der Waals surface area contributed by atoms with E-state index in [0.717, 1.165) is 5.69 Å². The largest absolute Gasteiger partial charge is 0.391 e. The van der Waals surface area contributed by atoms with Gasteiger partial charge in [0, 0.05) is 25.0 Å². The fourth-order valence-electron chi connectivity index (χ4n) is 1.37. The predicted molar refractivity (Wildman–Crippen MR) is 71.6 cm³/mol. The Morgan fingerprint density at radius 3 is 2.83 bits per heavy atom. The molecule has 0 saturated heterocycles. The highest BCUT2D eigenvalue weighted by Crippen LogP contribution is 2.09. The predicted octanol–water partition coefficient (Wildman–Crippen LogP) is 1.26. The molecule has 1 aromatic rings. The lowest BCUT2D eigenvalue weighted by atomic mass is 10.1. The van der Waals surface area contributed by atoms with Crippen LogP contribution in [0.2, 0.25) is 0 Å². The van der Waals surface area contributed by atoms with Crippen molar-refractivity contribution in [2.45, 2.75) is 26.9 Å². The van der Waals surface area contributed by atoms with E-state index < -0.39 is 6.10 Å². The van der Waals surface area contributed by atoms with Crippen LogP contribution in [0.3, 0.4) is 0 Å². The van der Waals surface area contributed by atoms with Crippen molar-refractivity contribution in [3.05, 3.63) is 24.0 Å². The van der Waals surface area contributed by atoms with Gasteiger partial charge >= 0.3 is 0 Å². The van der Waals surface area contributed by atoms with Crippen molar-refractivity contribution in [3.8, 4) is 0 Å². The summed E-state index contributed by atoms with van der Waals surface area (Å²) in [5, 5.41) is 15.5. The number of hydrogen-bond acceptors (Lipinski definition) is 4. The van der Waals surface area contributed by atoms with Gasteiger partial charge in [-0.15, -0.1) is 0 Å². The summed E-state index contributed by atoms with van der Waals surface area (Å²) in [5.74, 6) is 0.00718. The first kappa shape index (κ1) is 14.4. The smallest absolute Gasteiger partial charge is 0.269 e. The van der Waals surface area contributed by atoms with Crippen molar-refractivity contribution < 1.29 is 9.90 Å². The number of amides is 1. The van der Waals surface area contributed by atoms with E-state index in [9.17, 15) is 9.90 Å². The van der Waals surface area contributed by atoms with Crippen LogP contribution in [0.4, 0.5) is 5.69 Å². The first-order valence-electron chi connectivity index (χ1n) is 6.20. The molecule has 1 aromatic heterocycles. The minimum absolute atomic E-state index is 0.189. The van der Waals surface area contributed by atoms with Crippen molar-refractivity contribution in [3.63, 3.8) is 0 Å². The highest BCUT2D eigenvalue weighted by molar-refractivity contribution is 5.93. The second kappa shape index (κ2) is 6.96. The van der Waals surface area contributed by atoms with E-state index >= 15 is 0 Å². The van der Waals surface area contributed by atoms with Crippen molar-refractivity contribution in [2.24, 2.45) is 5.92 Å². The van der Waals surface area contributed by atoms with Crippen molar-refractivity contribution in [1.29, 1.82) is 0 Å². The fraction of sp³-hybridized carbons (Fsp3) is 0.538. The van der Waals surface area contributed by atoms with Gasteiger partial charge in [-0.3, -0.25) is 9.78 Å². The van der Waals surface area contributed by atoms with Gasteiger partial charge in [0.15, 0.2) is 0 Å². The Bertz CT molecular complexity index is 394. The standard InChI is InChI=1S/C13H21N3O2/c1-4-14-13(18)11-7-10(5-6-15-11)16-8-12(17)9(2)3/h5-7,9,12,17H,4,8H2,1-3H3,(H,14,18)(H,15,16). The first-order valence-corrected chi connectivity index (χ1v) is 6.20. The number of anilines is 1. The third-order valence-electron chi connectivity index (χ3n) is 2.61. The first-order chi connectivity index (χ1) is 8.54. The number of rotatable bonds is 6. The summed E-state index contributed by atoms with van der Waals surface area (Å²) >= 11 is 0. The third-order valence-corrected chi connectivity index (χ3v) is 2.61. The van der Waals surface area contributed by atoms with Gasteiger partial charge in [0.2, 0.25) is 0 Å². The Kier molecular flexibility index (Phi) is 5.58. The number of pyridine rings is 1. The van der Waals surface area contributed by atoms with Gasteiger partial charge in [-0.1, -0.05) is 13.8 Å². The minimum Gasteiger partial charge on any atom is -0.391 e. The van der Waals surface area contributed by atoms with Crippen LogP contribution in [0.1, 0.15) is 31.3 Å². The summed E-state index contributed by atoms with van der Waals surface area (Å²) in [6, 6.07) is 3.45. The molecule has 0 aliphatic rings. The van der Waals surface area contributed by atoms with Crippen LogP contribution < -0.4 is 10.6 Å². The number of aliphatic hydroxyl groups excluding tert-OH is 1. The molecule has 100 valence electrons. The second-order valence-corrected chi connectivity index (χ2v) is 4.48. The van der Waals surface area contributed by atoms with Crippen LogP contribution >= 0.6 is 0 Å². The van der Waals surface area contributed by atoms with Crippen molar-refractivity contribution >= 4 is 11.6 Å². The zero-order valence-corrected chi connectivity index (χ0v) is 11.1. The summed E-state index contributed by atoms with van der Waals surface area (Å²) in [6.45, 7) is 6.80. The van der Waals surface area contributed by atoms with Crippen LogP contribution in [0.25, 0.3) is 0 Å². The van der Waals surface area contributed by atoms with Crippen molar-refractivity contribution in [1.82, 2.24) is 10.3 Å². The number of aromatic nitrogens is 1.